The maximum absolute atomic E-state index is 13.8. The van der Waals surface area contributed by atoms with E-state index in [4.69, 9.17) is 9.26 Å². The second-order valence-corrected chi connectivity index (χ2v) is 6.75. The number of carbonyl (C=O) groups is 1. The van der Waals surface area contributed by atoms with Gasteiger partial charge in [-0.05, 0) is 31.0 Å². The van der Waals surface area contributed by atoms with Crippen molar-refractivity contribution in [3.63, 3.8) is 0 Å². The van der Waals surface area contributed by atoms with Gasteiger partial charge in [-0.15, -0.1) is 5.10 Å². The fraction of sp³-hybridized carbons (Fsp3) is 0.190. The maximum atomic E-state index is 13.8. The highest BCUT2D eigenvalue weighted by Crippen LogP contribution is 2.23. The van der Waals surface area contributed by atoms with E-state index in [2.05, 4.69) is 20.5 Å². The van der Waals surface area contributed by atoms with E-state index in [0.717, 1.165) is 5.56 Å². The van der Waals surface area contributed by atoms with Gasteiger partial charge in [0.25, 0.3) is 5.89 Å². The molecule has 9 heteroatoms. The molecule has 30 heavy (non-hydrogen) atoms. The number of halogens is 1. The Balaban J connectivity index is 1.41. The lowest BCUT2D eigenvalue weighted by Gasteiger charge is -2.06. The lowest BCUT2D eigenvalue weighted by molar-refractivity contribution is 0.0258. The van der Waals surface area contributed by atoms with Crippen LogP contribution in [0.3, 0.4) is 0 Å². The third-order valence-corrected chi connectivity index (χ3v) is 4.44. The zero-order chi connectivity index (χ0) is 21.1. The molecule has 0 aliphatic heterocycles. The summed E-state index contributed by atoms with van der Waals surface area (Å²) in [5.74, 6) is -0.725. The Morgan fingerprint density at radius 3 is 2.80 bits per heavy atom. The number of aromatic nitrogens is 5. The van der Waals surface area contributed by atoms with Crippen LogP contribution in [0.5, 0.6) is 0 Å². The number of rotatable bonds is 6. The number of benzene rings is 2. The number of carbonyl (C=O) groups excluding carboxylic acids is 1. The molecule has 0 fully saturated rings. The van der Waals surface area contributed by atoms with E-state index in [-0.39, 0.29) is 23.2 Å². The summed E-state index contributed by atoms with van der Waals surface area (Å²) >= 11 is 0. The van der Waals surface area contributed by atoms with E-state index in [1.807, 2.05) is 30.3 Å². The summed E-state index contributed by atoms with van der Waals surface area (Å²) in [5.41, 5.74) is 2.08. The SMILES string of the molecule is Cc1ccc(-c2noc(C(C)OC(=O)c3cn(Cc4ccccc4)nn3)n2)cc1F. The van der Waals surface area contributed by atoms with Gasteiger partial charge in [0, 0.05) is 5.56 Å². The summed E-state index contributed by atoms with van der Waals surface area (Å²) < 4.78 is 25.8. The summed E-state index contributed by atoms with van der Waals surface area (Å²) in [4.78, 5) is 16.6. The molecule has 0 N–H and O–H groups in total. The van der Waals surface area contributed by atoms with E-state index in [1.54, 1.807) is 30.7 Å². The van der Waals surface area contributed by atoms with Crippen LogP contribution >= 0.6 is 0 Å². The van der Waals surface area contributed by atoms with Crippen molar-refractivity contribution < 1.29 is 18.4 Å². The highest BCUT2D eigenvalue weighted by atomic mass is 19.1. The number of ether oxygens (including phenoxy) is 1. The topological polar surface area (TPSA) is 95.9 Å². The van der Waals surface area contributed by atoms with Crippen LogP contribution in [0.15, 0.2) is 59.3 Å². The van der Waals surface area contributed by atoms with Crippen LogP contribution in [-0.4, -0.2) is 31.1 Å². The van der Waals surface area contributed by atoms with Crippen molar-refractivity contribution in [1.82, 2.24) is 25.1 Å². The standard InChI is InChI=1S/C21H18FN5O3/c1-13-8-9-16(10-17(13)22)19-23-20(30-25-19)14(2)29-21(28)18-12-27(26-24-18)11-15-6-4-3-5-7-15/h3-10,12,14H,11H2,1-2H3. The number of hydrogen-bond acceptors (Lipinski definition) is 7. The molecule has 2 aromatic carbocycles. The molecule has 0 amide bonds. The smallest absolute Gasteiger partial charge is 0.361 e. The van der Waals surface area contributed by atoms with Crippen LogP contribution in [-0.2, 0) is 11.3 Å². The van der Waals surface area contributed by atoms with Gasteiger partial charge < -0.3 is 9.26 Å². The minimum Gasteiger partial charge on any atom is -0.448 e. The molecule has 0 bridgehead atoms. The number of nitrogens with zero attached hydrogens (tertiary/aromatic N) is 5. The van der Waals surface area contributed by atoms with Crippen LogP contribution in [0.1, 0.15) is 40.5 Å². The Kier molecular flexibility index (Phi) is 5.34. The van der Waals surface area contributed by atoms with Crippen molar-refractivity contribution in [3.8, 4) is 11.4 Å². The minimum absolute atomic E-state index is 0.0677. The highest BCUT2D eigenvalue weighted by molar-refractivity contribution is 5.86. The second kappa shape index (κ2) is 8.24. The lowest BCUT2D eigenvalue weighted by atomic mass is 10.1. The quantitative estimate of drug-likeness (QED) is 0.449. The average Bonchev–Trinajstić information content (AvgIpc) is 3.41. The first-order valence-corrected chi connectivity index (χ1v) is 9.25. The van der Waals surface area contributed by atoms with Gasteiger partial charge in [-0.25, -0.2) is 13.9 Å². The fourth-order valence-electron chi connectivity index (χ4n) is 2.76. The van der Waals surface area contributed by atoms with E-state index in [1.165, 1.54) is 12.3 Å². The lowest BCUT2D eigenvalue weighted by Crippen LogP contribution is -2.10. The normalized spacial score (nSPS) is 12.0. The van der Waals surface area contributed by atoms with Crippen LogP contribution in [0.4, 0.5) is 4.39 Å². The van der Waals surface area contributed by atoms with Crippen molar-refractivity contribution in [2.45, 2.75) is 26.5 Å². The summed E-state index contributed by atoms with van der Waals surface area (Å²) in [6.07, 6.45) is 0.699. The van der Waals surface area contributed by atoms with Gasteiger partial charge in [0.05, 0.1) is 12.7 Å². The molecule has 0 radical (unpaired) electrons. The minimum atomic E-state index is -0.812. The molecule has 2 heterocycles. The zero-order valence-electron chi connectivity index (χ0n) is 16.3. The van der Waals surface area contributed by atoms with Gasteiger partial charge in [-0.3, -0.25) is 0 Å². The Hall–Kier alpha value is -3.88. The Morgan fingerprint density at radius 1 is 1.23 bits per heavy atom. The van der Waals surface area contributed by atoms with Crippen molar-refractivity contribution in [2.24, 2.45) is 0 Å². The predicted molar refractivity (Wildman–Crippen MR) is 104 cm³/mol. The maximum Gasteiger partial charge on any atom is 0.361 e. The van der Waals surface area contributed by atoms with Gasteiger partial charge in [0.2, 0.25) is 5.82 Å². The molecule has 1 atom stereocenters. The Labute approximate surface area is 171 Å². The monoisotopic (exact) mass is 407 g/mol. The average molecular weight is 407 g/mol. The molecule has 2 aromatic heterocycles. The van der Waals surface area contributed by atoms with Gasteiger partial charge in [-0.2, -0.15) is 4.98 Å². The van der Waals surface area contributed by atoms with Crippen LogP contribution in [0.2, 0.25) is 0 Å². The van der Waals surface area contributed by atoms with Crippen molar-refractivity contribution in [1.29, 1.82) is 0 Å². The van der Waals surface area contributed by atoms with E-state index in [0.29, 0.717) is 17.7 Å². The number of hydrogen-bond donors (Lipinski definition) is 0. The molecule has 4 aromatic rings. The molecule has 0 aliphatic carbocycles. The second-order valence-electron chi connectivity index (χ2n) is 6.75. The molecule has 0 aliphatic rings. The first kappa shape index (κ1) is 19.4. The van der Waals surface area contributed by atoms with Crippen LogP contribution in [0, 0.1) is 12.7 Å². The van der Waals surface area contributed by atoms with Gasteiger partial charge in [0.15, 0.2) is 11.8 Å². The van der Waals surface area contributed by atoms with E-state index in [9.17, 15) is 9.18 Å². The predicted octanol–water partition coefficient (Wildman–Crippen LogP) is 3.74. The molecular formula is C21H18FN5O3. The third kappa shape index (κ3) is 4.24. The molecule has 8 nitrogen and oxygen atoms in total. The molecule has 0 saturated carbocycles. The molecule has 0 saturated heterocycles. The molecule has 1 unspecified atom stereocenters. The number of esters is 1. The molecule has 152 valence electrons. The zero-order valence-corrected chi connectivity index (χ0v) is 16.3. The van der Waals surface area contributed by atoms with E-state index >= 15 is 0 Å². The van der Waals surface area contributed by atoms with E-state index < -0.39 is 12.1 Å². The number of aryl methyl sites for hydroxylation is 1. The summed E-state index contributed by atoms with van der Waals surface area (Å²) in [6, 6.07) is 14.3. The first-order chi connectivity index (χ1) is 14.5. The van der Waals surface area contributed by atoms with Gasteiger partial charge in [-0.1, -0.05) is 52.8 Å². The van der Waals surface area contributed by atoms with Gasteiger partial charge in [0.1, 0.15) is 5.82 Å². The third-order valence-electron chi connectivity index (χ3n) is 4.44. The summed E-state index contributed by atoms with van der Waals surface area (Å²) in [7, 11) is 0. The van der Waals surface area contributed by atoms with Crippen molar-refractivity contribution in [3.05, 3.63) is 83.3 Å². The first-order valence-electron chi connectivity index (χ1n) is 9.25. The highest BCUT2D eigenvalue weighted by Gasteiger charge is 2.22. The Morgan fingerprint density at radius 2 is 2.03 bits per heavy atom. The van der Waals surface area contributed by atoms with Crippen LogP contribution < -0.4 is 0 Å². The van der Waals surface area contributed by atoms with Gasteiger partial charge >= 0.3 is 5.97 Å². The van der Waals surface area contributed by atoms with Crippen molar-refractivity contribution in [2.75, 3.05) is 0 Å². The summed E-state index contributed by atoms with van der Waals surface area (Å²) in [6.45, 7) is 3.74. The fourth-order valence-corrected chi connectivity index (χ4v) is 2.76. The van der Waals surface area contributed by atoms with Crippen molar-refractivity contribution >= 4 is 5.97 Å². The molecule has 4 rings (SSSR count). The largest absolute Gasteiger partial charge is 0.448 e. The summed E-state index contributed by atoms with van der Waals surface area (Å²) in [5, 5.41) is 11.6. The Bertz CT molecular complexity index is 1170. The molecular weight excluding hydrogens is 389 g/mol. The van der Waals surface area contributed by atoms with Crippen LogP contribution in [0.25, 0.3) is 11.4 Å². The molecule has 0 spiro atoms.